The molecular formula is C22H26O12. The van der Waals surface area contributed by atoms with E-state index in [1.165, 1.54) is 30.5 Å². The molecule has 1 aromatic carbocycles. The molecule has 0 radical (unpaired) electrons. The van der Waals surface area contributed by atoms with Crippen molar-refractivity contribution in [3.05, 3.63) is 42.2 Å². The van der Waals surface area contributed by atoms with Crippen LogP contribution in [0, 0.1) is 11.8 Å². The van der Waals surface area contributed by atoms with Gasteiger partial charge in [0.2, 0.25) is 6.29 Å². The van der Waals surface area contributed by atoms with Crippen molar-refractivity contribution in [2.75, 3.05) is 13.2 Å². The van der Waals surface area contributed by atoms with E-state index in [2.05, 4.69) is 0 Å². The van der Waals surface area contributed by atoms with Crippen molar-refractivity contribution < 1.29 is 59.1 Å². The van der Waals surface area contributed by atoms with Crippen molar-refractivity contribution in [1.29, 1.82) is 0 Å². The SMILES string of the molecule is O=C(O[C@H]1[C@H]2C=CO[C@@H](O[C@@H]3O[C@H](CO)[C@@H](O)[C@H](O)[C@H]3O)[C@@H]2[C@@]2(CO)O[C@@H]12)c1ccc(O)cc1. The van der Waals surface area contributed by atoms with Crippen molar-refractivity contribution in [2.45, 2.75) is 54.8 Å². The average Bonchev–Trinajstić information content (AvgIpc) is 3.52. The minimum Gasteiger partial charge on any atom is -0.508 e. The maximum Gasteiger partial charge on any atom is 0.338 e. The molecule has 1 aromatic rings. The molecule has 1 aliphatic carbocycles. The lowest BCUT2D eigenvalue weighted by Gasteiger charge is -2.43. The molecule has 12 nitrogen and oxygen atoms in total. The number of aromatic hydroxyl groups is 1. The monoisotopic (exact) mass is 482 g/mol. The molecule has 0 unspecified atom stereocenters. The maximum absolute atomic E-state index is 12.7. The first kappa shape index (κ1) is 23.5. The van der Waals surface area contributed by atoms with E-state index in [1.54, 1.807) is 6.08 Å². The largest absolute Gasteiger partial charge is 0.508 e. The van der Waals surface area contributed by atoms with Crippen molar-refractivity contribution >= 4 is 5.97 Å². The number of fused-ring (bicyclic) bond motifs is 3. The number of esters is 1. The predicted octanol–water partition coefficient (Wildman–Crippen LogP) is -2.02. The summed E-state index contributed by atoms with van der Waals surface area (Å²) >= 11 is 0. The van der Waals surface area contributed by atoms with Crippen LogP contribution in [-0.2, 0) is 23.7 Å². The molecule has 3 heterocycles. The van der Waals surface area contributed by atoms with Gasteiger partial charge in [0.05, 0.1) is 31.0 Å². The average molecular weight is 482 g/mol. The lowest BCUT2D eigenvalue weighted by Crippen LogP contribution is -2.60. The van der Waals surface area contributed by atoms with E-state index in [-0.39, 0.29) is 11.3 Å². The quantitative estimate of drug-likeness (QED) is 0.193. The Morgan fingerprint density at radius 2 is 1.76 bits per heavy atom. The summed E-state index contributed by atoms with van der Waals surface area (Å²) < 4.78 is 28.3. The van der Waals surface area contributed by atoms with Gasteiger partial charge in [0.15, 0.2) is 6.29 Å². The Labute approximate surface area is 193 Å². The third kappa shape index (κ3) is 3.67. The molecule has 3 aliphatic heterocycles. The van der Waals surface area contributed by atoms with E-state index in [0.29, 0.717) is 0 Å². The highest BCUT2D eigenvalue weighted by atomic mass is 16.8. The van der Waals surface area contributed by atoms with Gasteiger partial charge in [-0.25, -0.2) is 4.79 Å². The highest BCUT2D eigenvalue weighted by Crippen LogP contribution is 2.60. The number of hydrogen-bond donors (Lipinski definition) is 6. The number of carbonyl (C=O) groups excluding carboxylic acids is 1. The zero-order chi connectivity index (χ0) is 24.2. The van der Waals surface area contributed by atoms with Gasteiger partial charge in [-0.15, -0.1) is 0 Å². The third-order valence-corrected chi connectivity index (χ3v) is 6.94. The minimum absolute atomic E-state index is 0.00264. The van der Waals surface area contributed by atoms with Crippen LogP contribution in [0.1, 0.15) is 10.4 Å². The molecule has 1 saturated carbocycles. The molecule has 11 atom stereocenters. The Morgan fingerprint density at radius 3 is 2.44 bits per heavy atom. The van der Waals surface area contributed by atoms with E-state index in [0.717, 1.165) is 0 Å². The van der Waals surface area contributed by atoms with Crippen LogP contribution in [0.2, 0.25) is 0 Å². The van der Waals surface area contributed by atoms with E-state index in [9.17, 15) is 35.4 Å². The normalized spacial score (nSPS) is 44.6. The highest BCUT2D eigenvalue weighted by molar-refractivity contribution is 5.89. The first-order valence-corrected chi connectivity index (χ1v) is 10.9. The fraction of sp³-hybridized carbons (Fsp3) is 0.591. The van der Waals surface area contributed by atoms with Crippen LogP contribution in [0.25, 0.3) is 0 Å². The number of carbonyl (C=O) groups is 1. The summed E-state index contributed by atoms with van der Waals surface area (Å²) in [5.41, 5.74) is -0.907. The van der Waals surface area contributed by atoms with Gasteiger partial charge in [-0.3, -0.25) is 0 Å². The van der Waals surface area contributed by atoms with Crippen LogP contribution in [0.5, 0.6) is 5.75 Å². The molecule has 12 heteroatoms. The van der Waals surface area contributed by atoms with Crippen LogP contribution in [0.15, 0.2) is 36.6 Å². The van der Waals surface area contributed by atoms with Gasteiger partial charge >= 0.3 is 5.97 Å². The summed E-state index contributed by atoms with van der Waals surface area (Å²) in [4.78, 5) is 12.7. The maximum atomic E-state index is 12.7. The number of aliphatic hydroxyl groups excluding tert-OH is 5. The molecule has 0 spiro atoms. The van der Waals surface area contributed by atoms with Crippen molar-refractivity contribution in [3.63, 3.8) is 0 Å². The number of ether oxygens (including phenoxy) is 5. The van der Waals surface area contributed by atoms with Crippen LogP contribution < -0.4 is 0 Å². The Kier molecular flexibility index (Phi) is 6.02. The van der Waals surface area contributed by atoms with Crippen LogP contribution in [-0.4, -0.2) is 105 Å². The van der Waals surface area contributed by atoms with Gasteiger partial charge in [-0.05, 0) is 30.3 Å². The van der Waals surface area contributed by atoms with Gasteiger partial charge in [0.1, 0.15) is 48.0 Å². The Hall–Kier alpha value is -2.29. The Balaban J connectivity index is 1.34. The summed E-state index contributed by atoms with van der Waals surface area (Å²) in [6.45, 7) is -1.04. The number of aliphatic hydroxyl groups is 5. The van der Waals surface area contributed by atoms with E-state index in [1.807, 2.05) is 0 Å². The van der Waals surface area contributed by atoms with Gasteiger partial charge in [0.25, 0.3) is 0 Å². The van der Waals surface area contributed by atoms with E-state index >= 15 is 0 Å². The fourth-order valence-electron chi connectivity index (χ4n) is 5.08. The first-order chi connectivity index (χ1) is 16.3. The van der Waals surface area contributed by atoms with E-state index in [4.69, 9.17) is 23.7 Å². The zero-order valence-electron chi connectivity index (χ0n) is 17.8. The second-order valence-electron chi connectivity index (χ2n) is 8.84. The Bertz CT molecular complexity index is 934. The Morgan fingerprint density at radius 1 is 1.03 bits per heavy atom. The lowest BCUT2D eigenvalue weighted by molar-refractivity contribution is -0.344. The molecule has 0 amide bonds. The molecule has 34 heavy (non-hydrogen) atoms. The topological polar surface area (TPSA) is 188 Å². The number of phenols is 1. The van der Waals surface area contributed by atoms with Crippen molar-refractivity contribution in [1.82, 2.24) is 0 Å². The van der Waals surface area contributed by atoms with Gasteiger partial charge in [0, 0.05) is 5.92 Å². The van der Waals surface area contributed by atoms with Crippen LogP contribution in [0.3, 0.4) is 0 Å². The number of epoxide rings is 1. The molecular weight excluding hydrogens is 456 g/mol. The molecule has 4 aliphatic rings. The molecule has 6 N–H and O–H groups in total. The lowest BCUT2D eigenvalue weighted by atomic mass is 9.85. The molecule has 0 aromatic heterocycles. The van der Waals surface area contributed by atoms with Crippen molar-refractivity contribution in [3.8, 4) is 5.75 Å². The molecule has 186 valence electrons. The van der Waals surface area contributed by atoms with Crippen LogP contribution >= 0.6 is 0 Å². The summed E-state index contributed by atoms with van der Waals surface area (Å²) in [5.74, 6) is -1.78. The molecule has 3 fully saturated rings. The van der Waals surface area contributed by atoms with E-state index < -0.39 is 85.8 Å². The second-order valence-corrected chi connectivity index (χ2v) is 8.84. The molecule has 2 saturated heterocycles. The molecule has 5 rings (SSSR count). The summed E-state index contributed by atoms with van der Waals surface area (Å²) in [7, 11) is 0. The standard InChI is InChI=1S/C22H26O12/c23-7-12-14(26)15(27)16(28)21(31-12)33-20-13-11(5-6-30-20)17(18-22(13,8-24)34-18)32-19(29)9-1-3-10(25)4-2-9/h1-6,11-18,20-21,23-28H,7-8H2/t11-,12+,13+,14+,15-,16+,17-,18-,20-,21-,22+/m0/s1. The van der Waals surface area contributed by atoms with Crippen LogP contribution in [0.4, 0.5) is 0 Å². The minimum atomic E-state index is -1.64. The van der Waals surface area contributed by atoms with Gasteiger partial charge in [-0.2, -0.15) is 0 Å². The molecule has 0 bridgehead atoms. The number of hydrogen-bond acceptors (Lipinski definition) is 12. The summed E-state index contributed by atoms with van der Waals surface area (Å²) in [5, 5.41) is 59.3. The number of phenolic OH excluding ortho intramolecular Hbond substituents is 1. The smallest absolute Gasteiger partial charge is 0.338 e. The van der Waals surface area contributed by atoms with Gasteiger partial charge in [-0.1, -0.05) is 0 Å². The summed E-state index contributed by atoms with van der Waals surface area (Å²) in [6.07, 6.45) is -6.99. The zero-order valence-corrected chi connectivity index (χ0v) is 17.8. The first-order valence-electron chi connectivity index (χ1n) is 10.9. The number of rotatable bonds is 6. The summed E-state index contributed by atoms with van der Waals surface area (Å²) in [6, 6.07) is 5.56. The highest BCUT2D eigenvalue weighted by Gasteiger charge is 2.77. The number of benzene rings is 1. The predicted molar refractivity (Wildman–Crippen MR) is 108 cm³/mol. The second kappa shape index (κ2) is 8.73. The van der Waals surface area contributed by atoms with Gasteiger partial charge < -0.3 is 54.3 Å². The third-order valence-electron chi connectivity index (χ3n) is 6.94. The fourth-order valence-corrected chi connectivity index (χ4v) is 5.08. The van der Waals surface area contributed by atoms with Crippen molar-refractivity contribution in [2.24, 2.45) is 11.8 Å².